The van der Waals surface area contributed by atoms with Gasteiger partial charge >= 0.3 is 0 Å². The van der Waals surface area contributed by atoms with Crippen molar-refractivity contribution in [3.8, 4) is 0 Å². The van der Waals surface area contributed by atoms with Gasteiger partial charge in [0.1, 0.15) is 0 Å². The number of anilines is 2. The fourth-order valence-corrected chi connectivity index (χ4v) is 8.60. The lowest BCUT2D eigenvalue weighted by Crippen LogP contribution is -2.31. The van der Waals surface area contributed by atoms with Crippen LogP contribution < -0.4 is 11.1 Å². The van der Waals surface area contributed by atoms with E-state index in [4.69, 9.17) is 5.73 Å². The molecule has 4 nitrogen and oxygen atoms in total. The van der Waals surface area contributed by atoms with Crippen LogP contribution in [-0.4, -0.2) is 12.2 Å². The molecule has 1 aliphatic carbocycles. The molecule has 0 atom stereocenters. The van der Waals surface area contributed by atoms with Gasteiger partial charge in [-0.05, 0) is 143 Å². The van der Waals surface area contributed by atoms with Crippen molar-refractivity contribution in [2.24, 2.45) is 0 Å². The Morgan fingerprint density at radius 2 is 1.21 bits per heavy atom. The van der Waals surface area contributed by atoms with E-state index in [1.165, 1.54) is 30.4 Å². The lowest BCUT2D eigenvalue weighted by Gasteiger charge is -2.40. The van der Waals surface area contributed by atoms with E-state index in [0.717, 1.165) is 96.2 Å². The number of nitrogens with two attached hydrogens (primary N) is 1. The molecule has 1 fully saturated rings. The maximum absolute atomic E-state index is 14.4. The lowest BCUT2D eigenvalue weighted by atomic mass is 9.64. The first-order chi connectivity index (χ1) is 23.0. The van der Waals surface area contributed by atoms with Gasteiger partial charge in [0.25, 0.3) is 5.91 Å². The average Bonchev–Trinajstić information content (AvgIpc) is 3.08. The quantitative estimate of drug-likeness (QED) is 0.113. The first-order valence-corrected chi connectivity index (χ1v) is 17.2. The second-order valence-corrected chi connectivity index (χ2v) is 14.2. The topological polar surface area (TPSA) is 72.2 Å². The van der Waals surface area contributed by atoms with E-state index in [1.54, 1.807) is 0 Å². The third-order valence-corrected chi connectivity index (χ3v) is 11.1. The van der Waals surface area contributed by atoms with Crippen LogP contribution in [0, 0.1) is 41.5 Å². The average molecular weight is 633 g/mol. The van der Waals surface area contributed by atoms with Crippen molar-refractivity contribution in [1.82, 2.24) is 0 Å². The second-order valence-electron chi connectivity index (χ2n) is 14.2. The molecule has 0 unspecified atom stereocenters. The normalized spacial score (nSPS) is 14.5. The molecule has 0 aromatic heterocycles. The molecule has 1 saturated carbocycles. The monoisotopic (exact) mass is 632 g/mol. The Morgan fingerprint density at radius 3 is 1.79 bits per heavy atom. The molecule has 1 aliphatic rings. The zero-order chi connectivity index (χ0) is 33.9. The Labute approximate surface area is 283 Å². The highest BCUT2D eigenvalue weighted by molar-refractivity contribution is 6.28. The minimum Gasteiger partial charge on any atom is -0.398 e. The number of rotatable bonds is 5. The largest absolute Gasteiger partial charge is 0.398 e. The van der Waals surface area contributed by atoms with E-state index < -0.39 is 0 Å². The Morgan fingerprint density at radius 1 is 0.667 bits per heavy atom. The molecule has 0 spiro atoms. The van der Waals surface area contributed by atoms with Gasteiger partial charge in [-0.3, -0.25) is 9.59 Å². The number of aryl methyl sites for hydroxylation is 6. The number of benzene rings is 6. The molecule has 242 valence electrons. The van der Waals surface area contributed by atoms with E-state index in [1.807, 2.05) is 36.4 Å². The minimum absolute atomic E-state index is 0.0806. The molecule has 1 amide bonds. The van der Waals surface area contributed by atoms with Crippen molar-refractivity contribution < 1.29 is 9.59 Å². The van der Waals surface area contributed by atoms with Crippen LogP contribution in [0.25, 0.3) is 32.3 Å². The van der Waals surface area contributed by atoms with Crippen LogP contribution >= 0.6 is 0 Å². The Bertz CT molecular complexity index is 2260. The molecular weight excluding hydrogens is 588 g/mol. The summed E-state index contributed by atoms with van der Waals surface area (Å²) in [5.74, 6) is -0.152. The number of amides is 1. The number of carbonyl (C=O) groups is 2. The second kappa shape index (κ2) is 11.9. The summed E-state index contributed by atoms with van der Waals surface area (Å²) < 4.78 is 0. The molecule has 0 aliphatic heterocycles. The van der Waals surface area contributed by atoms with Gasteiger partial charge in [0.15, 0.2) is 6.29 Å². The van der Waals surface area contributed by atoms with Gasteiger partial charge in [-0.2, -0.15) is 0 Å². The highest BCUT2D eigenvalue weighted by Gasteiger charge is 2.37. The molecule has 0 saturated heterocycles. The van der Waals surface area contributed by atoms with Crippen LogP contribution in [-0.2, 0) is 5.41 Å². The van der Waals surface area contributed by atoms with E-state index in [2.05, 4.69) is 83.3 Å². The molecule has 0 heterocycles. The zero-order valence-electron chi connectivity index (χ0n) is 28.9. The maximum Gasteiger partial charge on any atom is 0.256 e. The van der Waals surface area contributed by atoms with E-state index in [-0.39, 0.29) is 11.3 Å². The number of carbonyl (C=O) groups excluding carboxylic acids is 2. The third kappa shape index (κ3) is 4.97. The first kappa shape index (κ1) is 31.6. The van der Waals surface area contributed by atoms with Gasteiger partial charge < -0.3 is 11.1 Å². The number of nitrogens with one attached hydrogen (secondary N) is 1. The SMILES string of the molecule is Cc1cc(C2(c3cc(C)c(NC(=O)c4cc5cc(C=O)c6cccc(C)c6c5c5c(C)cccc45)c(C)c3)CCCCC2)cc(C)c1N. The molecule has 4 heteroatoms. The van der Waals surface area contributed by atoms with E-state index in [9.17, 15) is 9.59 Å². The highest BCUT2D eigenvalue weighted by atomic mass is 16.1. The van der Waals surface area contributed by atoms with Crippen molar-refractivity contribution in [2.45, 2.75) is 79.1 Å². The molecular formula is C44H44N2O2. The summed E-state index contributed by atoms with van der Waals surface area (Å²) >= 11 is 0. The van der Waals surface area contributed by atoms with E-state index in [0.29, 0.717) is 11.1 Å². The van der Waals surface area contributed by atoms with Gasteiger partial charge in [0, 0.05) is 27.9 Å². The summed E-state index contributed by atoms with van der Waals surface area (Å²) in [5.41, 5.74) is 18.5. The summed E-state index contributed by atoms with van der Waals surface area (Å²) in [6.07, 6.45) is 6.74. The number of fused-ring (bicyclic) bond motifs is 5. The summed E-state index contributed by atoms with van der Waals surface area (Å²) in [7, 11) is 0. The molecule has 0 bridgehead atoms. The van der Waals surface area contributed by atoms with Crippen LogP contribution in [0.15, 0.2) is 72.8 Å². The Kier molecular flexibility index (Phi) is 7.86. The fourth-order valence-electron chi connectivity index (χ4n) is 8.60. The van der Waals surface area contributed by atoms with Gasteiger partial charge in [-0.1, -0.05) is 79.9 Å². The number of aldehydes is 1. The smallest absolute Gasteiger partial charge is 0.256 e. The van der Waals surface area contributed by atoms with Crippen molar-refractivity contribution in [1.29, 1.82) is 0 Å². The van der Waals surface area contributed by atoms with Crippen molar-refractivity contribution in [3.63, 3.8) is 0 Å². The van der Waals surface area contributed by atoms with Gasteiger partial charge in [-0.15, -0.1) is 0 Å². The predicted octanol–water partition coefficient (Wildman–Crippen LogP) is 10.9. The van der Waals surface area contributed by atoms with Crippen LogP contribution in [0.5, 0.6) is 0 Å². The van der Waals surface area contributed by atoms with Crippen molar-refractivity contribution in [3.05, 3.63) is 128 Å². The highest BCUT2D eigenvalue weighted by Crippen LogP contribution is 2.47. The molecule has 6 aromatic carbocycles. The first-order valence-electron chi connectivity index (χ1n) is 17.2. The summed E-state index contributed by atoms with van der Waals surface area (Å²) in [4.78, 5) is 26.6. The lowest BCUT2D eigenvalue weighted by molar-refractivity contribution is 0.102. The molecule has 0 radical (unpaired) electrons. The fraction of sp³-hybridized carbons (Fsp3) is 0.273. The van der Waals surface area contributed by atoms with Crippen LogP contribution in [0.4, 0.5) is 11.4 Å². The van der Waals surface area contributed by atoms with Crippen molar-refractivity contribution in [2.75, 3.05) is 11.1 Å². The van der Waals surface area contributed by atoms with Gasteiger partial charge in [0.2, 0.25) is 0 Å². The Balaban J connectivity index is 1.35. The summed E-state index contributed by atoms with van der Waals surface area (Å²) in [6.45, 7) is 12.6. The molecule has 3 N–H and O–H groups in total. The zero-order valence-corrected chi connectivity index (χ0v) is 28.9. The van der Waals surface area contributed by atoms with Crippen LogP contribution in [0.3, 0.4) is 0 Å². The van der Waals surface area contributed by atoms with Gasteiger partial charge in [0.05, 0.1) is 0 Å². The number of hydrogen-bond acceptors (Lipinski definition) is 3. The Hall–Kier alpha value is -4.96. The maximum atomic E-state index is 14.4. The number of nitrogen functional groups attached to an aromatic ring is 1. The molecule has 48 heavy (non-hydrogen) atoms. The molecule has 6 aromatic rings. The van der Waals surface area contributed by atoms with Crippen LogP contribution in [0.2, 0.25) is 0 Å². The van der Waals surface area contributed by atoms with Crippen molar-refractivity contribution >= 4 is 55.9 Å². The van der Waals surface area contributed by atoms with Crippen LogP contribution in [0.1, 0.15) is 97.3 Å². The summed E-state index contributed by atoms with van der Waals surface area (Å²) in [6, 6.07) is 25.3. The van der Waals surface area contributed by atoms with E-state index >= 15 is 0 Å². The standard InChI is InChI=1S/C44H44N2O2/c1-25-12-10-14-35-32(24-47)22-31-23-37(36-15-11-13-26(2)39(36)40(31)38(25)35)43(48)46-42-29(5)20-34(21-30(42)6)44(16-8-7-9-17-44)33-18-27(3)41(45)28(4)19-33/h10-15,18-24H,7-9,16-17,45H2,1-6H3,(H,46,48). The molecule has 7 rings (SSSR count). The summed E-state index contributed by atoms with van der Waals surface area (Å²) in [5, 5.41) is 9.26. The minimum atomic E-state index is -0.152. The number of hydrogen-bond donors (Lipinski definition) is 2. The van der Waals surface area contributed by atoms with Gasteiger partial charge in [-0.25, -0.2) is 0 Å². The predicted molar refractivity (Wildman–Crippen MR) is 202 cm³/mol. The third-order valence-electron chi connectivity index (χ3n) is 11.1.